The molecule has 4 heteroatoms. The van der Waals surface area contributed by atoms with Gasteiger partial charge >= 0.3 is 0 Å². The van der Waals surface area contributed by atoms with E-state index in [9.17, 15) is 4.39 Å². The van der Waals surface area contributed by atoms with Gasteiger partial charge in [0.25, 0.3) is 0 Å². The topological polar surface area (TPSA) is 17.8 Å². The van der Waals surface area contributed by atoms with Crippen LogP contribution in [0.25, 0.3) is 10.9 Å². The summed E-state index contributed by atoms with van der Waals surface area (Å²) < 4.78 is 14.8. The van der Waals surface area contributed by atoms with Crippen LogP contribution < -0.4 is 0 Å². The highest BCUT2D eigenvalue weighted by molar-refractivity contribution is 6.34. The molecule has 0 unspecified atom stereocenters. The minimum Gasteiger partial charge on any atom is -0.263 e. The Morgan fingerprint density at radius 1 is 1.47 bits per heavy atom. The maximum atomic E-state index is 13.1. The summed E-state index contributed by atoms with van der Waals surface area (Å²) in [4.78, 5) is 0. The number of benzene rings is 1. The lowest BCUT2D eigenvalue weighted by molar-refractivity contribution is 0.494. The molecule has 0 fully saturated rings. The predicted molar refractivity (Wildman–Crippen MR) is 59.5 cm³/mol. The van der Waals surface area contributed by atoms with Crippen molar-refractivity contribution in [3.63, 3.8) is 0 Å². The highest BCUT2D eigenvalue weighted by atomic mass is 35.5. The largest absolute Gasteiger partial charge is 0.263 e. The van der Waals surface area contributed by atoms with Crippen LogP contribution in [0.2, 0.25) is 5.15 Å². The van der Waals surface area contributed by atoms with Crippen molar-refractivity contribution in [2.75, 3.05) is 0 Å². The fourth-order valence-corrected chi connectivity index (χ4v) is 1.84. The van der Waals surface area contributed by atoms with E-state index in [4.69, 9.17) is 11.6 Å². The molecule has 0 radical (unpaired) electrons. The monoisotopic (exact) mass is 226 g/mol. The molecule has 0 aliphatic rings. The third-order valence-corrected chi connectivity index (χ3v) is 2.49. The Balaban J connectivity index is 2.59. The molecule has 0 aliphatic carbocycles. The lowest BCUT2D eigenvalue weighted by Crippen LogP contribution is -2.05. The molecule has 2 nitrogen and oxygen atoms in total. The summed E-state index contributed by atoms with van der Waals surface area (Å²) in [5, 5.41) is 5.43. The van der Waals surface area contributed by atoms with E-state index in [0.717, 1.165) is 17.4 Å². The van der Waals surface area contributed by atoms with Gasteiger partial charge in [0, 0.05) is 11.9 Å². The SMILES string of the molecule is CC(C)Cn1nc(Cl)c2ccc(F)cc21. The number of aromatic nitrogens is 2. The van der Waals surface area contributed by atoms with Crippen LogP contribution in [-0.2, 0) is 6.54 Å². The van der Waals surface area contributed by atoms with Crippen molar-refractivity contribution in [2.45, 2.75) is 20.4 Å². The Hall–Kier alpha value is -1.09. The molecular weight excluding hydrogens is 215 g/mol. The fourth-order valence-electron chi connectivity index (χ4n) is 1.59. The zero-order valence-electron chi connectivity index (χ0n) is 8.67. The van der Waals surface area contributed by atoms with Crippen molar-refractivity contribution in [1.29, 1.82) is 0 Å². The lowest BCUT2D eigenvalue weighted by atomic mass is 10.2. The van der Waals surface area contributed by atoms with E-state index in [1.54, 1.807) is 10.7 Å². The van der Waals surface area contributed by atoms with Crippen LogP contribution in [0.5, 0.6) is 0 Å². The molecule has 80 valence electrons. The average molecular weight is 227 g/mol. The zero-order chi connectivity index (χ0) is 11.0. The van der Waals surface area contributed by atoms with Gasteiger partial charge in [-0.3, -0.25) is 4.68 Å². The van der Waals surface area contributed by atoms with Gasteiger partial charge in [-0.15, -0.1) is 0 Å². The van der Waals surface area contributed by atoms with Gasteiger partial charge in [-0.25, -0.2) is 4.39 Å². The van der Waals surface area contributed by atoms with Gasteiger partial charge in [0.05, 0.1) is 5.52 Å². The van der Waals surface area contributed by atoms with Crippen LogP contribution in [0, 0.1) is 11.7 Å². The van der Waals surface area contributed by atoms with Gasteiger partial charge in [0.1, 0.15) is 5.82 Å². The van der Waals surface area contributed by atoms with Gasteiger partial charge in [0.2, 0.25) is 0 Å². The van der Waals surface area contributed by atoms with E-state index in [2.05, 4.69) is 18.9 Å². The molecule has 0 saturated heterocycles. The molecule has 0 N–H and O–H groups in total. The first-order valence-corrected chi connectivity index (χ1v) is 5.27. The van der Waals surface area contributed by atoms with Gasteiger partial charge in [-0.2, -0.15) is 5.10 Å². The molecule has 0 atom stereocenters. The van der Waals surface area contributed by atoms with Gasteiger partial charge in [0.15, 0.2) is 5.15 Å². The maximum Gasteiger partial charge on any atom is 0.158 e. The van der Waals surface area contributed by atoms with Gasteiger partial charge in [-0.1, -0.05) is 25.4 Å². The van der Waals surface area contributed by atoms with E-state index in [-0.39, 0.29) is 5.82 Å². The number of fused-ring (bicyclic) bond motifs is 1. The molecule has 1 aromatic carbocycles. The molecule has 0 amide bonds. The first kappa shape index (κ1) is 10.4. The molecule has 2 rings (SSSR count). The Bertz CT molecular complexity index is 491. The normalized spacial score (nSPS) is 11.5. The molecule has 1 heterocycles. The molecule has 0 spiro atoms. The Kier molecular flexibility index (Phi) is 2.65. The third kappa shape index (κ3) is 1.97. The van der Waals surface area contributed by atoms with Crippen molar-refractivity contribution >= 4 is 22.5 Å². The van der Waals surface area contributed by atoms with Crippen LogP contribution >= 0.6 is 11.6 Å². The molecule has 0 aliphatic heterocycles. The van der Waals surface area contributed by atoms with Gasteiger partial charge < -0.3 is 0 Å². The highest BCUT2D eigenvalue weighted by Gasteiger charge is 2.10. The Morgan fingerprint density at radius 3 is 2.87 bits per heavy atom. The Labute approximate surface area is 92.6 Å². The average Bonchev–Trinajstić information content (AvgIpc) is 2.42. The van der Waals surface area contributed by atoms with Crippen LogP contribution in [0.1, 0.15) is 13.8 Å². The summed E-state index contributed by atoms with van der Waals surface area (Å²) in [6, 6.07) is 4.53. The summed E-state index contributed by atoms with van der Waals surface area (Å²) in [7, 11) is 0. The summed E-state index contributed by atoms with van der Waals surface area (Å²) >= 11 is 5.96. The predicted octanol–water partition coefficient (Wildman–Crippen LogP) is 3.48. The van der Waals surface area contributed by atoms with E-state index in [1.807, 2.05) is 0 Å². The van der Waals surface area contributed by atoms with Crippen LogP contribution in [0.3, 0.4) is 0 Å². The summed E-state index contributed by atoms with van der Waals surface area (Å²) in [6.07, 6.45) is 0. The smallest absolute Gasteiger partial charge is 0.158 e. The fraction of sp³-hybridized carbons (Fsp3) is 0.364. The molecule has 15 heavy (non-hydrogen) atoms. The second-order valence-electron chi connectivity index (χ2n) is 4.03. The van der Waals surface area contributed by atoms with Crippen LogP contribution in [0.4, 0.5) is 4.39 Å². The minimum absolute atomic E-state index is 0.260. The molecule has 0 bridgehead atoms. The first-order chi connectivity index (χ1) is 7.08. The number of rotatable bonds is 2. The number of hydrogen-bond acceptors (Lipinski definition) is 1. The van der Waals surface area contributed by atoms with E-state index in [0.29, 0.717) is 11.1 Å². The first-order valence-electron chi connectivity index (χ1n) is 4.89. The second kappa shape index (κ2) is 3.81. The van der Waals surface area contributed by atoms with Crippen LogP contribution in [0.15, 0.2) is 18.2 Å². The highest BCUT2D eigenvalue weighted by Crippen LogP contribution is 2.24. The molecule has 2 aromatic rings. The number of halogens is 2. The van der Waals surface area contributed by atoms with E-state index >= 15 is 0 Å². The summed E-state index contributed by atoms with van der Waals surface area (Å²) in [6.45, 7) is 4.91. The quantitative estimate of drug-likeness (QED) is 0.767. The van der Waals surface area contributed by atoms with Crippen LogP contribution in [-0.4, -0.2) is 9.78 Å². The summed E-state index contributed by atoms with van der Waals surface area (Å²) in [5.41, 5.74) is 0.758. The van der Waals surface area contributed by atoms with Crippen molar-refractivity contribution in [3.8, 4) is 0 Å². The minimum atomic E-state index is -0.260. The molecule has 0 saturated carbocycles. The van der Waals surface area contributed by atoms with Crippen molar-refractivity contribution in [1.82, 2.24) is 9.78 Å². The molecular formula is C11H12ClFN2. The van der Waals surface area contributed by atoms with E-state index < -0.39 is 0 Å². The lowest BCUT2D eigenvalue weighted by Gasteiger charge is -2.05. The van der Waals surface area contributed by atoms with Gasteiger partial charge in [-0.05, 0) is 24.1 Å². The maximum absolute atomic E-state index is 13.1. The van der Waals surface area contributed by atoms with E-state index in [1.165, 1.54) is 12.1 Å². The standard InChI is InChI=1S/C11H12ClFN2/c1-7(2)6-15-10-5-8(13)3-4-9(10)11(12)14-15/h3-5,7H,6H2,1-2H3. The number of hydrogen-bond donors (Lipinski definition) is 0. The zero-order valence-corrected chi connectivity index (χ0v) is 9.42. The molecule has 1 aromatic heterocycles. The third-order valence-electron chi connectivity index (χ3n) is 2.21. The van der Waals surface area contributed by atoms with Crippen molar-refractivity contribution in [3.05, 3.63) is 29.2 Å². The Morgan fingerprint density at radius 2 is 2.20 bits per heavy atom. The second-order valence-corrected chi connectivity index (χ2v) is 4.39. The van der Waals surface area contributed by atoms with Crippen molar-refractivity contribution < 1.29 is 4.39 Å². The van der Waals surface area contributed by atoms with Crippen molar-refractivity contribution in [2.24, 2.45) is 5.92 Å². The number of nitrogens with zero attached hydrogens (tertiary/aromatic N) is 2. The summed E-state index contributed by atoms with van der Waals surface area (Å²) in [5.74, 6) is 0.191.